The number of carbonyl (C=O) groups is 1. The second kappa shape index (κ2) is 12.1. The van der Waals surface area contributed by atoms with Crippen LogP contribution >= 0.6 is 11.8 Å². The molecule has 0 fully saturated rings. The summed E-state index contributed by atoms with van der Waals surface area (Å²) in [5, 5.41) is 18.6. The minimum Gasteiger partial charge on any atom is -0.497 e. The predicted molar refractivity (Wildman–Crippen MR) is 170 cm³/mol. The van der Waals surface area contributed by atoms with Crippen molar-refractivity contribution in [1.29, 1.82) is 0 Å². The van der Waals surface area contributed by atoms with Gasteiger partial charge in [0.2, 0.25) is 0 Å². The van der Waals surface area contributed by atoms with Crippen LogP contribution in [0.2, 0.25) is 0 Å². The third-order valence-corrected chi connectivity index (χ3v) is 8.68. The lowest BCUT2D eigenvalue weighted by Gasteiger charge is -2.22. The summed E-state index contributed by atoms with van der Waals surface area (Å²) >= 11 is 1.50. The van der Waals surface area contributed by atoms with Crippen molar-refractivity contribution in [2.24, 2.45) is 5.10 Å². The average Bonchev–Trinajstić information content (AvgIpc) is 3.63. The monoisotopic (exact) mass is 590 g/mol. The van der Waals surface area contributed by atoms with Gasteiger partial charge in [0, 0.05) is 47.1 Å². The van der Waals surface area contributed by atoms with E-state index >= 15 is 0 Å². The van der Waals surface area contributed by atoms with Crippen molar-refractivity contribution in [3.63, 3.8) is 0 Å². The molecule has 1 aromatic heterocycles. The van der Waals surface area contributed by atoms with E-state index in [1.54, 1.807) is 24.3 Å². The molecule has 1 amide bonds. The minimum atomic E-state index is -0.394. The Kier molecular flexibility index (Phi) is 7.98. The molecule has 4 aromatic carbocycles. The molecular weight excluding hydrogens is 560 g/mol. The molecular formula is C34H30N4O4S. The lowest BCUT2D eigenvalue weighted by Crippen LogP contribution is -2.28. The number of hydrogen-bond acceptors (Lipinski definition) is 6. The number of hydrogen-bond donors (Lipinski definition) is 0. The second-order valence-corrected chi connectivity index (χ2v) is 11.5. The van der Waals surface area contributed by atoms with Crippen LogP contribution in [0.3, 0.4) is 0 Å². The number of nitrogens with zero attached hydrogens (tertiary/aromatic N) is 4. The highest BCUT2D eigenvalue weighted by molar-refractivity contribution is 8.00. The minimum absolute atomic E-state index is 0.0636. The molecule has 8 nitrogen and oxygen atoms in total. The first kappa shape index (κ1) is 28.2. The smallest absolute Gasteiger partial charge is 0.269 e. The highest BCUT2D eigenvalue weighted by atomic mass is 32.2. The van der Waals surface area contributed by atoms with Crippen molar-refractivity contribution < 1.29 is 14.5 Å². The van der Waals surface area contributed by atoms with Crippen LogP contribution in [0.1, 0.15) is 34.7 Å². The summed E-state index contributed by atoms with van der Waals surface area (Å²) in [7, 11) is 1.64. The lowest BCUT2D eigenvalue weighted by atomic mass is 9.97. The number of fused-ring (bicyclic) bond motifs is 1. The summed E-state index contributed by atoms with van der Waals surface area (Å²) in [5.74, 6) is 0.939. The zero-order valence-electron chi connectivity index (χ0n) is 23.8. The maximum atomic E-state index is 13.8. The van der Waals surface area contributed by atoms with Crippen LogP contribution in [0.5, 0.6) is 5.75 Å². The van der Waals surface area contributed by atoms with Crippen LogP contribution in [-0.4, -0.2) is 39.0 Å². The van der Waals surface area contributed by atoms with E-state index in [4.69, 9.17) is 9.84 Å². The molecule has 5 aromatic rings. The molecule has 0 saturated carbocycles. The first-order valence-corrected chi connectivity index (χ1v) is 14.9. The largest absolute Gasteiger partial charge is 0.497 e. The standard InChI is InChI=1S/C34H30N4O4S/c1-23-7-11-26(12-8-23)32-19-30(25-13-17-28(42-2)18-14-25)35-37(32)34(39)22-43-33-21-36(31-6-4-3-5-29(31)33)20-24-9-15-27(16-10-24)38(40)41/h3-18,21,32H,19-20,22H2,1-2H3. The average molecular weight is 591 g/mol. The number of nitro groups is 1. The molecule has 0 bridgehead atoms. The van der Waals surface area contributed by atoms with Gasteiger partial charge in [-0.15, -0.1) is 11.8 Å². The molecule has 0 N–H and O–H groups in total. The van der Waals surface area contributed by atoms with E-state index in [9.17, 15) is 14.9 Å². The van der Waals surface area contributed by atoms with Gasteiger partial charge in [0.15, 0.2) is 0 Å². The Hall–Kier alpha value is -4.89. The summed E-state index contributed by atoms with van der Waals surface area (Å²) < 4.78 is 7.43. The van der Waals surface area contributed by atoms with Crippen LogP contribution in [0, 0.1) is 17.0 Å². The van der Waals surface area contributed by atoms with Gasteiger partial charge in [-0.05, 0) is 53.9 Å². The summed E-state index contributed by atoms with van der Waals surface area (Å²) in [6.07, 6.45) is 2.68. The van der Waals surface area contributed by atoms with Gasteiger partial charge in [0.05, 0.1) is 29.5 Å². The number of amides is 1. The molecule has 0 saturated heterocycles. The molecule has 216 valence electrons. The van der Waals surface area contributed by atoms with Gasteiger partial charge in [-0.3, -0.25) is 14.9 Å². The van der Waals surface area contributed by atoms with E-state index in [2.05, 4.69) is 48.0 Å². The molecule has 1 atom stereocenters. The Labute approximate surface area is 253 Å². The van der Waals surface area contributed by atoms with E-state index in [1.165, 1.54) is 23.9 Å². The quantitative estimate of drug-likeness (QED) is 0.101. The Morgan fingerprint density at radius 1 is 1.00 bits per heavy atom. The summed E-state index contributed by atoms with van der Waals surface area (Å²) in [5.41, 5.74) is 6.11. The van der Waals surface area contributed by atoms with Crippen molar-refractivity contribution in [3.8, 4) is 5.75 Å². The number of aromatic nitrogens is 1. The fraction of sp³-hybridized carbons (Fsp3) is 0.176. The number of nitro benzene ring substituents is 1. The summed E-state index contributed by atoms with van der Waals surface area (Å²) in [4.78, 5) is 25.4. The third kappa shape index (κ3) is 6.03. The number of aryl methyl sites for hydroxylation is 1. The van der Waals surface area contributed by atoms with Crippen LogP contribution in [0.15, 0.2) is 113 Å². The predicted octanol–water partition coefficient (Wildman–Crippen LogP) is 7.38. The van der Waals surface area contributed by atoms with E-state index in [0.717, 1.165) is 49.5 Å². The van der Waals surface area contributed by atoms with Crippen LogP contribution in [0.25, 0.3) is 10.9 Å². The van der Waals surface area contributed by atoms with E-state index in [-0.39, 0.29) is 23.4 Å². The SMILES string of the molecule is COc1ccc(C2=NN(C(=O)CSc3cn(Cc4ccc([N+](=O)[O-])cc4)c4ccccc34)C(c3ccc(C)cc3)C2)cc1. The molecule has 9 heteroatoms. The van der Waals surface area contributed by atoms with Crippen molar-refractivity contribution in [1.82, 2.24) is 9.58 Å². The van der Waals surface area contributed by atoms with Gasteiger partial charge in [0.1, 0.15) is 5.75 Å². The molecule has 0 radical (unpaired) electrons. The van der Waals surface area contributed by atoms with Crippen LogP contribution < -0.4 is 4.74 Å². The number of ether oxygens (including phenoxy) is 1. The van der Waals surface area contributed by atoms with Crippen LogP contribution in [0.4, 0.5) is 5.69 Å². The Balaban J connectivity index is 1.24. The molecule has 1 unspecified atom stereocenters. The summed E-state index contributed by atoms with van der Waals surface area (Å²) in [6.45, 7) is 2.61. The molecule has 0 spiro atoms. The first-order valence-electron chi connectivity index (χ1n) is 13.9. The fourth-order valence-electron chi connectivity index (χ4n) is 5.33. The van der Waals surface area contributed by atoms with Crippen LogP contribution in [-0.2, 0) is 11.3 Å². The number of para-hydroxylation sites is 1. The van der Waals surface area contributed by atoms with Crippen molar-refractivity contribution in [2.75, 3.05) is 12.9 Å². The lowest BCUT2D eigenvalue weighted by molar-refractivity contribution is -0.384. The molecule has 0 aliphatic carbocycles. The number of non-ortho nitro benzene ring substituents is 1. The number of thioether (sulfide) groups is 1. The Bertz CT molecular complexity index is 1810. The first-order chi connectivity index (χ1) is 20.9. The number of benzene rings is 4. The van der Waals surface area contributed by atoms with Gasteiger partial charge in [-0.25, -0.2) is 5.01 Å². The fourth-order valence-corrected chi connectivity index (χ4v) is 6.27. The topological polar surface area (TPSA) is 90.0 Å². The molecule has 1 aliphatic heterocycles. The second-order valence-electron chi connectivity index (χ2n) is 10.5. The number of carbonyl (C=O) groups excluding carboxylic acids is 1. The third-order valence-electron chi connectivity index (χ3n) is 7.65. The van der Waals surface area contributed by atoms with Gasteiger partial charge < -0.3 is 9.30 Å². The van der Waals surface area contributed by atoms with Gasteiger partial charge in [-0.2, -0.15) is 5.10 Å². The van der Waals surface area contributed by atoms with Gasteiger partial charge >= 0.3 is 0 Å². The Morgan fingerprint density at radius 3 is 2.42 bits per heavy atom. The molecule has 6 rings (SSSR count). The molecule has 2 heterocycles. The van der Waals surface area contributed by atoms with Gasteiger partial charge in [0.25, 0.3) is 11.6 Å². The Morgan fingerprint density at radius 2 is 1.72 bits per heavy atom. The van der Waals surface area contributed by atoms with E-state index in [0.29, 0.717) is 13.0 Å². The number of rotatable bonds is 9. The van der Waals surface area contributed by atoms with Gasteiger partial charge in [-0.1, -0.05) is 60.2 Å². The maximum Gasteiger partial charge on any atom is 0.269 e. The van der Waals surface area contributed by atoms with Crippen molar-refractivity contribution in [3.05, 3.63) is 136 Å². The highest BCUT2D eigenvalue weighted by Crippen LogP contribution is 2.36. The normalized spacial score (nSPS) is 14.6. The van der Waals surface area contributed by atoms with E-state index < -0.39 is 4.92 Å². The molecule has 1 aliphatic rings. The number of hydrazone groups is 1. The van der Waals surface area contributed by atoms with Crippen molar-refractivity contribution in [2.45, 2.75) is 30.8 Å². The van der Waals surface area contributed by atoms with E-state index in [1.807, 2.05) is 42.5 Å². The van der Waals surface area contributed by atoms with Crippen molar-refractivity contribution >= 4 is 40.0 Å². The zero-order valence-corrected chi connectivity index (χ0v) is 24.7. The highest BCUT2D eigenvalue weighted by Gasteiger charge is 2.33. The molecule has 43 heavy (non-hydrogen) atoms. The summed E-state index contributed by atoms with van der Waals surface area (Å²) in [6, 6.07) is 30.6. The number of methoxy groups -OCH3 is 1. The zero-order chi connectivity index (χ0) is 29.9. The maximum absolute atomic E-state index is 13.8.